The number of halogens is 1. The smallest absolute Gasteiger partial charge is 0.269 e. The molecule has 0 N–H and O–H groups in total. The van der Waals surface area contributed by atoms with Crippen molar-refractivity contribution in [3.8, 4) is 11.5 Å². The number of allylic oxidation sites excluding steroid dienone is 4. The van der Waals surface area contributed by atoms with E-state index < -0.39 is 10.8 Å². The molecule has 10 heteroatoms. The Hall–Kier alpha value is -3.69. The van der Waals surface area contributed by atoms with Crippen LogP contribution in [0.15, 0.2) is 58.9 Å². The number of ether oxygens (including phenoxy) is 3. The topological polar surface area (TPSA) is 108 Å². The first-order valence-corrected chi connectivity index (χ1v) is 15.7. The summed E-state index contributed by atoms with van der Waals surface area (Å²) in [5.74, 6) is 0.114. The Kier molecular flexibility index (Phi) is 9.16. The Morgan fingerprint density at radius 3 is 2.13 bits per heavy atom. The van der Waals surface area contributed by atoms with E-state index in [4.69, 9.17) is 25.8 Å². The van der Waals surface area contributed by atoms with Gasteiger partial charge in [0.2, 0.25) is 0 Å². The van der Waals surface area contributed by atoms with Crippen molar-refractivity contribution in [3.05, 3.63) is 85.2 Å². The van der Waals surface area contributed by atoms with E-state index in [1.807, 2.05) is 0 Å². The molecule has 0 aromatic heterocycles. The van der Waals surface area contributed by atoms with Crippen LogP contribution in [0, 0.1) is 20.9 Å². The van der Waals surface area contributed by atoms with Crippen LogP contribution in [-0.4, -0.2) is 48.8 Å². The molecule has 2 aromatic carbocycles. The van der Waals surface area contributed by atoms with Gasteiger partial charge in [0.05, 0.1) is 17.1 Å². The summed E-state index contributed by atoms with van der Waals surface area (Å²) in [5.41, 5.74) is 4.05. The van der Waals surface area contributed by atoms with E-state index in [9.17, 15) is 19.7 Å². The first-order valence-electron chi connectivity index (χ1n) is 15.3. The Balaban J connectivity index is 1.62. The summed E-state index contributed by atoms with van der Waals surface area (Å²) in [6.07, 6.45) is 2.93. The van der Waals surface area contributed by atoms with Gasteiger partial charge in [0.1, 0.15) is 6.61 Å². The number of Topliss-reactive ketones (excluding diaryl/α,β-unsaturated/α-hetero) is 2. The second-order valence-electron chi connectivity index (χ2n) is 13.8. The number of nitro groups is 1. The van der Waals surface area contributed by atoms with Gasteiger partial charge in [-0.1, -0.05) is 51.4 Å². The fourth-order valence-electron chi connectivity index (χ4n) is 6.98. The van der Waals surface area contributed by atoms with Crippen LogP contribution in [0.3, 0.4) is 0 Å². The molecule has 0 saturated carbocycles. The number of nitrogens with zero attached hydrogens (tertiary/aromatic N) is 2. The number of ketones is 2. The van der Waals surface area contributed by atoms with E-state index in [1.54, 1.807) is 31.4 Å². The maximum absolute atomic E-state index is 14.1. The van der Waals surface area contributed by atoms with Crippen molar-refractivity contribution in [1.29, 1.82) is 0 Å². The summed E-state index contributed by atoms with van der Waals surface area (Å²) < 4.78 is 17.2. The van der Waals surface area contributed by atoms with E-state index in [0.717, 1.165) is 17.8 Å². The Bertz CT molecular complexity index is 1550. The minimum Gasteiger partial charge on any atom is -0.493 e. The minimum atomic E-state index is -0.585. The lowest BCUT2D eigenvalue weighted by molar-refractivity contribution is -0.384. The summed E-state index contributed by atoms with van der Waals surface area (Å²) in [5, 5.41) is 11.5. The van der Waals surface area contributed by atoms with Crippen LogP contribution >= 0.6 is 11.6 Å². The van der Waals surface area contributed by atoms with E-state index in [0.29, 0.717) is 66.9 Å². The zero-order chi connectivity index (χ0) is 32.7. The zero-order valence-electron chi connectivity index (χ0n) is 26.8. The van der Waals surface area contributed by atoms with Gasteiger partial charge in [0.15, 0.2) is 23.1 Å². The summed E-state index contributed by atoms with van der Waals surface area (Å²) in [7, 11) is 3.18. The quantitative estimate of drug-likeness (QED) is 0.149. The maximum atomic E-state index is 14.1. The first-order chi connectivity index (χ1) is 21.2. The molecule has 0 atom stereocenters. The number of rotatable bonds is 10. The lowest BCUT2D eigenvalue weighted by Gasteiger charge is -2.49. The van der Waals surface area contributed by atoms with Crippen LogP contribution in [0.2, 0.25) is 5.02 Å². The van der Waals surface area contributed by atoms with Crippen LogP contribution in [0.5, 0.6) is 11.5 Å². The number of non-ortho nitro benzene ring substituents is 1. The second kappa shape index (κ2) is 12.6. The molecule has 45 heavy (non-hydrogen) atoms. The van der Waals surface area contributed by atoms with Gasteiger partial charge in [-0.05, 0) is 53.4 Å². The molecule has 0 fully saturated rings. The number of nitro benzene ring substituents is 1. The third kappa shape index (κ3) is 6.65. The van der Waals surface area contributed by atoms with Crippen molar-refractivity contribution in [1.82, 2.24) is 4.90 Å². The van der Waals surface area contributed by atoms with Crippen molar-refractivity contribution in [2.75, 3.05) is 27.4 Å². The fraction of sp³-hybridized carbons (Fsp3) is 0.486. The van der Waals surface area contributed by atoms with Crippen molar-refractivity contribution in [3.63, 3.8) is 0 Å². The highest BCUT2D eigenvalue weighted by molar-refractivity contribution is 6.32. The number of hydrogen-bond donors (Lipinski definition) is 0. The average Bonchev–Trinajstić information content (AvgIpc) is 2.95. The highest BCUT2D eigenvalue weighted by Gasteiger charge is 2.49. The molecule has 0 bridgehead atoms. The highest BCUT2D eigenvalue weighted by Crippen LogP contribution is 2.55. The van der Waals surface area contributed by atoms with Gasteiger partial charge >= 0.3 is 0 Å². The lowest BCUT2D eigenvalue weighted by atomic mass is 9.63. The molecular formula is C35H41ClN2O7. The van der Waals surface area contributed by atoms with Gasteiger partial charge in [0.25, 0.3) is 5.69 Å². The first kappa shape index (κ1) is 32.7. The second-order valence-corrected chi connectivity index (χ2v) is 14.2. The van der Waals surface area contributed by atoms with E-state index in [1.165, 1.54) is 19.2 Å². The van der Waals surface area contributed by atoms with Crippen LogP contribution < -0.4 is 9.47 Å². The summed E-state index contributed by atoms with van der Waals surface area (Å²) in [6.45, 7) is 9.72. The number of carbonyl (C=O) groups is 2. The van der Waals surface area contributed by atoms with Crippen molar-refractivity contribution >= 4 is 28.9 Å². The van der Waals surface area contributed by atoms with Gasteiger partial charge in [0, 0.05) is 73.7 Å². The van der Waals surface area contributed by atoms with Crippen molar-refractivity contribution in [2.45, 2.75) is 72.3 Å². The Morgan fingerprint density at radius 2 is 1.58 bits per heavy atom. The number of benzene rings is 2. The molecule has 2 aliphatic carbocycles. The average molecular weight is 637 g/mol. The van der Waals surface area contributed by atoms with E-state index >= 15 is 0 Å². The monoisotopic (exact) mass is 636 g/mol. The molecule has 0 radical (unpaired) electrons. The van der Waals surface area contributed by atoms with Crippen molar-refractivity contribution in [2.24, 2.45) is 10.8 Å². The predicted octanol–water partition coefficient (Wildman–Crippen LogP) is 7.56. The molecule has 0 saturated heterocycles. The third-order valence-electron chi connectivity index (χ3n) is 8.84. The van der Waals surface area contributed by atoms with Gasteiger partial charge in [-0.15, -0.1) is 0 Å². The molecule has 3 aliphatic rings. The normalized spacial score (nSPS) is 19.4. The van der Waals surface area contributed by atoms with Gasteiger partial charge in [-0.25, -0.2) is 0 Å². The van der Waals surface area contributed by atoms with Crippen LogP contribution in [-0.2, 0) is 20.9 Å². The standard InChI is InChI=1S/C35H41ClN2O7/c1-34(2)16-25-31(27(39)18-34)30(32-26(37(25)11-8-12-43-5)17-35(3,4)19-28(32)40)22-14-24(36)33(29(15-22)44-6)45-20-21-9-7-10-23(13-21)38(41)42/h7,9-10,13-15,30H,8,11-12,16-20H2,1-6H3. The molecular weight excluding hydrogens is 596 g/mol. The molecule has 0 amide bonds. The molecule has 0 unspecified atom stereocenters. The molecule has 1 heterocycles. The van der Waals surface area contributed by atoms with Crippen LogP contribution in [0.4, 0.5) is 5.69 Å². The summed E-state index contributed by atoms with van der Waals surface area (Å²) >= 11 is 6.87. The highest BCUT2D eigenvalue weighted by atomic mass is 35.5. The minimum absolute atomic E-state index is 0.0305. The van der Waals surface area contributed by atoms with Gasteiger partial charge < -0.3 is 19.1 Å². The summed E-state index contributed by atoms with van der Waals surface area (Å²) in [4.78, 5) is 41.2. The van der Waals surface area contributed by atoms with Gasteiger partial charge in [-0.3, -0.25) is 19.7 Å². The molecule has 0 spiro atoms. The Morgan fingerprint density at radius 1 is 0.956 bits per heavy atom. The van der Waals surface area contributed by atoms with Crippen LogP contribution in [0.1, 0.15) is 76.8 Å². The summed E-state index contributed by atoms with van der Waals surface area (Å²) in [6, 6.07) is 9.76. The largest absolute Gasteiger partial charge is 0.493 e. The number of methoxy groups -OCH3 is 2. The molecule has 240 valence electrons. The number of carbonyl (C=O) groups excluding carboxylic acids is 2. The van der Waals surface area contributed by atoms with E-state index in [-0.39, 0.29) is 45.5 Å². The van der Waals surface area contributed by atoms with Crippen LogP contribution in [0.25, 0.3) is 0 Å². The molecule has 5 rings (SSSR count). The van der Waals surface area contributed by atoms with Crippen molar-refractivity contribution < 1.29 is 28.7 Å². The Labute approximate surface area is 269 Å². The number of hydrogen-bond acceptors (Lipinski definition) is 8. The molecule has 1 aliphatic heterocycles. The maximum Gasteiger partial charge on any atom is 0.269 e. The van der Waals surface area contributed by atoms with Gasteiger partial charge in [-0.2, -0.15) is 0 Å². The predicted molar refractivity (Wildman–Crippen MR) is 171 cm³/mol. The molecule has 9 nitrogen and oxygen atoms in total. The van der Waals surface area contributed by atoms with E-state index in [2.05, 4.69) is 32.6 Å². The molecule has 2 aromatic rings. The zero-order valence-corrected chi connectivity index (χ0v) is 27.6. The fourth-order valence-corrected chi connectivity index (χ4v) is 7.25. The SMILES string of the molecule is COCCCN1C2=C(C(=O)CC(C)(C)C2)C(c2cc(Cl)c(OCc3cccc([N+](=O)[O-])c3)c(OC)c2)C2=C1CC(C)(C)CC2=O. The third-order valence-corrected chi connectivity index (χ3v) is 9.12. The lowest BCUT2D eigenvalue weighted by Crippen LogP contribution is -2.44.